The van der Waals surface area contributed by atoms with Crippen LogP contribution in [-0.2, 0) is 20.0 Å². The predicted molar refractivity (Wildman–Crippen MR) is 200 cm³/mol. The fourth-order valence-electron chi connectivity index (χ4n) is 6.17. The molecule has 0 saturated carbocycles. The number of fused-ring (bicyclic) bond motifs is 5. The van der Waals surface area contributed by atoms with Crippen molar-refractivity contribution in [2.75, 3.05) is 28.2 Å². The highest BCUT2D eigenvalue weighted by molar-refractivity contribution is 7.89. The minimum atomic E-state index is -3.89. The number of carbonyl (C=O) groups is 1. The summed E-state index contributed by atoms with van der Waals surface area (Å²) in [6, 6.07) is 27.2. The molecule has 0 spiro atoms. The molecule has 0 bridgehead atoms. The molecule has 0 aliphatic rings. The van der Waals surface area contributed by atoms with Crippen LogP contribution in [0.3, 0.4) is 0 Å². The summed E-state index contributed by atoms with van der Waals surface area (Å²) in [7, 11) is -1.96. The second kappa shape index (κ2) is 12.9. The maximum absolute atomic E-state index is 14.8. The van der Waals surface area contributed by atoms with Gasteiger partial charge in [0, 0.05) is 39.4 Å². The molecular formula is C38H35N5O6S3. The van der Waals surface area contributed by atoms with Gasteiger partial charge in [0.25, 0.3) is 5.65 Å². The Labute approximate surface area is 305 Å². The van der Waals surface area contributed by atoms with Gasteiger partial charge in [-0.1, -0.05) is 67.6 Å². The van der Waals surface area contributed by atoms with Gasteiger partial charge in [-0.05, 0) is 76.9 Å². The van der Waals surface area contributed by atoms with Crippen molar-refractivity contribution in [3.63, 3.8) is 0 Å². The van der Waals surface area contributed by atoms with E-state index in [1.165, 1.54) is 74.4 Å². The number of benzene rings is 4. The van der Waals surface area contributed by atoms with E-state index in [2.05, 4.69) is 13.8 Å². The largest absolute Gasteiger partial charge is 0.859 e. The van der Waals surface area contributed by atoms with E-state index < -0.39 is 31.7 Å². The van der Waals surface area contributed by atoms with Crippen molar-refractivity contribution < 1.29 is 31.1 Å². The van der Waals surface area contributed by atoms with Crippen LogP contribution in [0, 0.1) is 0 Å². The van der Waals surface area contributed by atoms with Crippen LogP contribution >= 0.6 is 11.3 Å². The van der Waals surface area contributed by atoms with E-state index in [1.807, 2.05) is 52.9 Å². The van der Waals surface area contributed by atoms with Gasteiger partial charge in [0.15, 0.2) is 11.3 Å². The quantitative estimate of drug-likeness (QED) is 0.139. The summed E-state index contributed by atoms with van der Waals surface area (Å²) in [6.45, 7) is 4.13. The van der Waals surface area contributed by atoms with Gasteiger partial charge in [-0.3, -0.25) is 9.36 Å². The number of carbonyl (C=O) groups excluding carboxylic acids is 1. The van der Waals surface area contributed by atoms with Gasteiger partial charge < -0.3 is 5.11 Å². The number of hydrogen-bond acceptors (Lipinski definition) is 8. The Bertz CT molecular complexity index is 2790. The maximum Gasteiger partial charge on any atom is 0.339 e. The lowest BCUT2D eigenvalue weighted by molar-refractivity contribution is -0.467. The first kappa shape index (κ1) is 35.4. The van der Waals surface area contributed by atoms with E-state index in [0.29, 0.717) is 27.3 Å². The van der Waals surface area contributed by atoms with Crippen LogP contribution in [0.4, 0.5) is 0 Å². The Morgan fingerprint density at radius 1 is 0.808 bits per heavy atom. The molecule has 0 radical (unpaired) electrons. The zero-order valence-electron chi connectivity index (χ0n) is 29.2. The van der Waals surface area contributed by atoms with Crippen LogP contribution in [0.25, 0.3) is 43.2 Å². The lowest BCUT2D eigenvalue weighted by Gasteiger charge is -2.15. The Morgan fingerprint density at radius 3 is 2.06 bits per heavy atom. The number of ketones is 1. The van der Waals surface area contributed by atoms with Gasteiger partial charge in [-0.2, -0.15) is 4.40 Å². The average molecular weight is 754 g/mol. The van der Waals surface area contributed by atoms with Crippen LogP contribution in [-0.4, -0.2) is 69.0 Å². The molecule has 7 rings (SSSR count). The highest BCUT2D eigenvalue weighted by Gasteiger charge is 2.33. The molecule has 0 aliphatic heterocycles. The first-order valence-electron chi connectivity index (χ1n) is 16.3. The third-order valence-electron chi connectivity index (χ3n) is 9.05. The minimum absolute atomic E-state index is 0.0270. The molecule has 3 aromatic heterocycles. The molecule has 0 N–H and O–H groups in total. The Balaban J connectivity index is 1.61. The van der Waals surface area contributed by atoms with Crippen LogP contribution in [0.15, 0.2) is 107 Å². The number of aromatic nitrogens is 3. The SMILES string of the molecule is CC(C)c1ccc(-n2c([O-])c(C(=O)c3cccc(S(=O)(=O)N(C)C)c3)c3c2nc(-c2cccc(S(=O)(=O)N(C)C)c2)[n+]2c4ccccc4sc32)cc1. The number of nitrogens with zero attached hydrogens (tertiary/aromatic N) is 5. The molecule has 0 atom stereocenters. The van der Waals surface area contributed by atoms with Crippen molar-refractivity contribution in [3.8, 4) is 23.0 Å². The fraction of sp³-hybridized carbons (Fsp3) is 0.184. The second-order valence-corrected chi connectivity index (χ2v) is 18.4. The molecular weight excluding hydrogens is 719 g/mol. The van der Waals surface area contributed by atoms with Crippen LogP contribution in [0.5, 0.6) is 5.88 Å². The summed E-state index contributed by atoms with van der Waals surface area (Å²) in [6.07, 6.45) is 0. The number of sulfonamides is 2. The van der Waals surface area contributed by atoms with E-state index in [-0.39, 0.29) is 32.5 Å². The van der Waals surface area contributed by atoms with Crippen molar-refractivity contribution in [1.29, 1.82) is 0 Å². The van der Waals surface area contributed by atoms with E-state index in [1.54, 1.807) is 18.2 Å². The molecule has 266 valence electrons. The molecule has 4 aromatic carbocycles. The van der Waals surface area contributed by atoms with Gasteiger partial charge in [0.05, 0.1) is 25.6 Å². The van der Waals surface area contributed by atoms with Gasteiger partial charge >= 0.3 is 5.82 Å². The molecule has 11 nitrogen and oxygen atoms in total. The first-order chi connectivity index (χ1) is 24.6. The summed E-state index contributed by atoms with van der Waals surface area (Å²) in [5.41, 5.74) is 2.83. The summed E-state index contributed by atoms with van der Waals surface area (Å²) >= 11 is 1.37. The summed E-state index contributed by atoms with van der Waals surface area (Å²) in [4.78, 5) is 20.3. The summed E-state index contributed by atoms with van der Waals surface area (Å²) in [5.74, 6) is -0.677. The molecule has 14 heteroatoms. The van der Waals surface area contributed by atoms with Crippen molar-refractivity contribution in [3.05, 3.63) is 114 Å². The highest BCUT2D eigenvalue weighted by atomic mass is 32.2. The number of hydrogen-bond donors (Lipinski definition) is 0. The van der Waals surface area contributed by atoms with Crippen LogP contribution in [0.1, 0.15) is 41.3 Å². The van der Waals surface area contributed by atoms with E-state index in [9.17, 15) is 26.7 Å². The van der Waals surface area contributed by atoms with Crippen molar-refractivity contribution >= 4 is 63.2 Å². The molecule has 0 unspecified atom stereocenters. The highest BCUT2D eigenvalue weighted by Crippen LogP contribution is 2.40. The van der Waals surface area contributed by atoms with Gasteiger partial charge in [0.2, 0.25) is 24.9 Å². The zero-order chi connectivity index (χ0) is 37.3. The lowest BCUT2D eigenvalue weighted by atomic mass is 10.0. The second-order valence-electron chi connectivity index (χ2n) is 13.1. The van der Waals surface area contributed by atoms with E-state index in [0.717, 1.165) is 24.4 Å². The molecule has 0 aliphatic carbocycles. The van der Waals surface area contributed by atoms with Crippen molar-refractivity contribution in [2.45, 2.75) is 29.6 Å². The average Bonchev–Trinajstić information content (AvgIpc) is 3.66. The molecule has 52 heavy (non-hydrogen) atoms. The lowest BCUT2D eigenvalue weighted by Crippen LogP contribution is -2.26. The number of rotatable bonds is 9. The molecule has 0 fully saturated rings. The first-order valence-corrected chi connectivity index (χ1v) is 20.0. The molecule has 0 amide bonds. The van der Waals surface area contributed by atoms with Gasteiger partial charge in [0.1, 0.15) is 5.39 Å². The monoisotopic (exact) mass is 753 g/mol. The van der Waals surface area contributed by atoms with Gasteiger partial charge in [-0.15, -0.1) is 0 Å². The standard InChI is InChI=1S/C38H35N5O6S3/c1-23(2)24-17-19-27(20-18-24)42-36-33(32(37(42)45)34(44)25-11-9-13-28(21-25)51(46,47)40(3)4)38-43(30-15-7-8-16-31(30)50-38)35(39-36)26-12-10-14-29(22-26)52(48,49)41(5)6/h7-23H,1-6H3. The maximum atomic E-state index is 14.8. The summed E-state index contributed by atoms with van der Waals surface area (Å²) < 4.78 is 58.8. The third kappa shape index (κ3) is 5.67. The van der Waals surface area contributed by atoms with Gasteiger partial charge in [-0.25, -0.2) is 25.4 Å². The minimum Gasteiger partial charge on any atom is -0.859 e. The normalized spacial score (nSPS) is 12.6. The van der Waals surface area contributed by atoms with Crippen molar-refractivity contribution in [1.82, 2.24) is 18.2 Å². The number of thiazole rings is 1. The van der Waals surface area contributed by atoms with Crippen LogP contribution < -0.4 is 9.51 Å². The Hall–Kier alpha value is -4.99. The molecule has 3 heterocycles. The zero-order valence-corrected chi connectivity index (χ0v) is 31.7. The smallest absolute Gasteiger partial charge is 0.339 e. The Kier molecular flexibility index (Phi) is 8.78. The van der Waals surface area contributed by atoms with E-state index >= 15 is 0 Å². The molecule has 7 aromatic rings. The predicted octanol–water partition coefficient (Wildman–Crippen LogP) is 5.57. The Morgan fingerprint density at radius 2 is 1.42 bits per heavy atom. The van der Waals surface area contributed by atoms with E-state index in [4.69, 9.17) is 4.98 Å². The van der Waals surface area contributed by atoms with Crippen LogP contribution in [0.2, 0.25) is 0 Å². The number of para-hydroxylation sites is 1. The fourth-order valence-corrected chi connectivity index (χ4v) is 9.26. The molecule has 0 saturated heterocycles. The topological polar surface area (TPSA) is 137 Å². The third-order valence-corrected chi connectivity index (χ3v) is 13.8. The summed E-state index contributed by atoms with van der Waals surface area (Å²) in [5, 5.41) is 15.1. The van der Waals surface area contributed by atoms with Crippen molar-refractivity contribution in [2.24, 2.45) is 0 Å².